The van der Waals surface area contributed by atoms with Gasteiger partial charge in [0.15, 0.2) is 0 Å². The summed E-state index contributed by atoms with van der Waals surface area (Å²) in [6, 6.07) is -0.154. The number of rotatable bonds is 4. The van der Waals surface area contributed by atoms with Gasteiger partial charge in [-0.15, -0.1) is 11.3 Å². The summed E-state index contributed by atoms with van der Waals surface area (Å²) in [5.74, 6) is -0.230. The van der Waals surface area contributed by atoms with Gasteiger partial charge in [0.05, 0.1) is 13.2 Å². The van der Waals surface area contributed by atoms with Gasteiger partial charge in [0, 0.05) is 18.0 Å². The van der Waals surface area contributed by atoms with E-state index in [1.165, 1.54) is 18.4 Å². The standard InChI is InChI=1S/C8H12N2O2S/c1-12-7(11)3-2-6(9)8-10-4-5-13-8/h4-6H,2-3,9H2,1H3. The maximum Gasteiger partial charge on any atom is 0.305 e. The second-order valence-electron chi connectivity index (χ2n) is 2.59. The summed E-state index contributed by atoms with van der Waals surface area (Å²) in [4.78, 5) is 14.9. The molecule has 0 fully saturated rings. The predicted molar refractivity (Wildman–Crippen MR) is 50.3 cm³/mol. The Morgan fingerprint density at radius 3 is 3.15 bits per heavy atom. The minimum atomic E-state index is -0.230. The molecule has 1 aromatic heterocycles. The Bertz CT molecular complexity index is 261. The van der Waals surface area contributed by atoms with E-state index >= 15 is 0 Å². The van der Waals surface area contributed by atoms with E-state index in [1.807, 2.05) is 5.38 Å². The predicted octanol–water partition coefficient (Wildman–Crippen LogP) is 1.10. The van der Waals surface area contributed by atoms with Crippen molar-refractivity contribution in [2.24, 2.45) is 5.73 Å². The number of carbonyl (C=O) groups is 1. The molecule has 2 N–H and O–H groups in total. The van der Waals surface area contributed by atoms with Crippen LogP contribution in [0.1, 0.15) is 23.9 Å². The van der Waals surface area contributed by atoms with Gasteiger partial charge in [0.25, 0.3) is 0 Å². The number of nitrogens with zero attached hydrogens (tertiary/aromatic N) is 1. The van der Waals surface area contributed by atoms with Gasteiger partial charge < -0.3 is 10.5 Å². The zero-order valence-corrected chi connectivity index (χ0v) is 8.21. The van der Waals surface area contributed by atoms with Gasteiger partial charge in [-0.25, -0.2) is 4.98 Å². The first-order valence-electron chi connectivity index (χ1n) is 3.96. The van der Waals surface area contributed by atoms with Gasteiger partial charge in [-0.2, -0.15) is 0 Å². The van der Waals surface area contributed by atoms with E-state index in [-0.39, 0.29) is 12.0 Å². The molecular weight excluding hydrogens is 188 g/mol. The molecule has 0 saturated carbocycles. The Morgan fingerprint density at radius 2 is 2.62 bits per heavy atom. The minimum absolute atomic E-state index is 0.154. The van der Waals surface area contributed by atoms with Gasteiger partial charge in [-0.05, 0) is 6.42 Å². The van der Waals surface area contributed by atoms with E-state index in [4.69, 9.17) is 5.73 Å². The summed E-state index contributed by atoms with van der Waals surface area (Å²) in [6.45, 7) is 0. The molecule has 4 nitrogen and oxygen atoms in total. The molecule has 0 bridgehead atoms. The molecule has 1 atom stereocenters. The van der Waals surface area contributed by atoms with Crippen LogP contribution in [-0.4, -0.2) is 18.1 Å². The van der Waals surface area contributed by atoms with E-state index in [9.17, 15) is 4.79 Å². The summed E-state index contributed by atoms with van der Waals surface area (Å²) >= 11 is 1.50. The van der Waals surface area contributed by atoms with Crippen LogP contribution in [0.4, 0.5) is 0 Å². The monoisotopic (exact) mass is 200 g/mol. The lowest BCUT2D eigenvalue weighted by atomic mass is 10.2. The van der Waals surface area contributed by atoms with E-state index in [1.54, 1.807) is 6.20 Å². The smallest absolute Gasteiger partial charge is 0.305 e. The van der Waals surface area contributed by atoms with Crippen LogP contribution < -0.4 is 5.73 Å². The molecule has 0 aliphatic rings. The fourth-order valence-corrected chi connectivity index (χ4v) is 1.59. The fraction of sp³-hybridized carbons (Fsp3) is 0.500. The number of hydrogen-bond acceptors (Lipinski definition) is 5. The minimum Gasteiger partial charge on any atom is -0.469 e. The first-order chi connectivity index (χ1) is 6.24. The average Bonchev–Trinajstić information content (AvgIpc) is 2.66. The van der Waals surface area contributed by atoms with Crippen molar-refractivity contribution in [2.75, 3.05) is 7.11 Å². The number of methoxy groups -OCH3 is 1. The Morgan fingerprint density at radius 1 is 1.85 bits per heavy atom. The lowest BCUT2D eigenvalue weighted by molar-refractivity contribution is -0.140. The molecular formula is C8H12N2O2S. The number of hydrogen-bond donors (Lipinski definition) is 1. The van der Waals surface area contributed by atoms with Crippen LogP contribution >= 0.6 is 11.3 Å². The van der Waals surface area contributed by atoms with Crippen LogP contribution in [0.5, 0.6) is 0 Å². The van der Waals surface area contributed by atoms with Crippen LogP contribution in [-0.2, 0) is 9.53 Å². The number of thiazole rings is 1. The average molecular weight is 200 g/mol. The van der Waals surface area contributed by atoms with Crippen LogP contribution in [0.25, 0.3) is 0 Å². The third-order valence-corrected chi connectivity index (χ3v) is 2.56. The topological polar surface area (TPSA) is 65.2 Å². The molecule has 1 heterocycles. The second kappa shape index (κ2) is 4.94. The summed E-state index contributed by atoms with van der Waals surface area (Å²) in [7, 11) is 1.37. The zero-order chi connectivity index (χ0) is 9.68. The third-order valence-electron chi connectivity index (χ3n) is 1.66. The Balaban J connectivity index is 2.34. The third kappa shape index (κ3) is 3.12. The highest BCUT2D eigenvalue weighted by molar-refractivity contribution is 7.09. The van der Waals surface area contributed by atoms with E-state index in [2.05, 4.69) is 9.72 Å². The number of carbonyl (C=O) groups excluding carboxylic acids is 1. The number of ether oxygens (including phenoxy) is 1. The van der Waals surface area contributed by atoms with Gasteiger partial charge in [0.2, 0.25) is 0 Å². The highest BCUT2D eigenvalue weighted by atomic mass is 32.1. The molecule has 0 aliphatic heterocycles. The summed E-state index contributed by atoms with van der Waals surface area (Å²) in [5, 5.41) is 2.73. The fourth-order valence-electron chi connectivity index (χ4n) is 0.916. The van der Waals surface area contributed by atoms with Crippen molar-refractivity contribution in [1.82, 2.24) is 4.98 Å². The lowest BCUT2D eigenvalue weighted by Crippen LogP contribution is -2.12. The molecule has 1 rings (SSSR count). The molecule has 0 aliphatic carbocycles. The van der Waals surface area contributed by atoms with E-state index < -0.39 is 0 Å². The number of aromatic nitrogens is 1. The van der Waals surface area contributed by atoms with Gasteiger partial charge in [-0.1, -0.05) is 0 Å². The summed E-state index contributed by atoms with van der Waals surface area (Å²) in [6.07, 6.45) is 2.63. The largest absolute Gasteiger partial charge is 0.469 e. The van der Waals surface area contributed by atoms with Crippen LogP contribution in [0.3, 0.4) is 0 Å². The highest BCUT2D eigenvalue weighted by Gasteiger charge is 2.10. The van der Waals surface area contributed by atoms with Crippen molar-refractivity contribution in [3.63, 3.8) is 0 Å². The van der Waals surface area contributed by atoms with Crippen molar-refractivity contribution in [3.05, 3.63) is 16.6 Å². The molecule has 72 valence electrons. The summed E-state index contributed by atoms with van der Waals surface area (Å²) < 4.78 is 4.51. The van der Waals surface area contributed by atoms with Crippen molar-refractivity contribution in [3.8, 4) is 0 Å². The molecule has 13 heavy (non-hydrogen) atoms. The zero-order valence-electron chi connectivity index (χ0n) is 7.40. The first-order valence-corrected chi connectivity index (χ1v) is 4.83. The number of nitrogens with two attached hydrogens (primary N) is 1. The van der Waals surface area contributed by atoms with Crippen LogP contribution in [0, 0.1) is 0 Å². The Labute approximate surface area is 80.7 Å². The van der Waals surface area contributed by atoms with E-state index in [0.717, 1.165) is 5.01 Å². The molecule has 1 aromatic rings. The normalized spacial score (nSPS) is 12.5. The molecule has 1 unspecified atom stereocenters. The SMILES string of the molecule is COC(=O)CCC(N)c1nccs1. The van der Waals surface area contributed by atoms with Crippen molar-refractivity contribution >= 4 is 17.3 Å². The maximum absolute atomic E-state index is 10.8. The first kappa shape index (κ1) is 10.1. The molecule has 0 amide bonds. The molecule has 5 heteroatoms. The number of esters is 1. The maximum atomic E-state index is 10.8. The quantitative estimate of drug-likeness (QED) is 0.739. The Hall–Kier alpha value is -0.940. The Kier molecular flexibility index (Phi) is 3.85. The van der Waals surface area contributed by atoms with Gasteiger partial charge in [-0.3, -0.25) is 4.79 Å². The molecule has 0 saturated heterocycles. The molecule has 0 radical (unpaired) electrons. The van der Waals surface area contributed by atoms with Gasteiger partial charge in [0.1, 0.15) is 5.01 Å². The van der Waals surface area contributed by atoms with Crippen LogP contribution in [0.2, 0.25) is 0 Å². The van der Waals surface area contributed by atoms with E-state index in [0.29, 0.717) is 12.8 Å². The van der Waals surface area contributed by atoms with Crippen molar-refractivity contribution < 1.29 is 9.53 Å². The highest BCUT2D eigenvalue weighted by Crippen LogP contribution is 2.17. The molecule has 0 aromatic carbocycles. The van der Waals surface area contributed by atoms with Crippen molar-refractivity contribution in [2.45, 2.75) is 18.9 Å². The molecule has 0 spiro atoms. The van der Waals surface area contributed by atoms with Crippen molar-refractivity contribution in [1.29, 1.82) is 0 Å². The van der Waals surface area contributed by atoms with Crippen LogP contribution in [0.15, 0.2) is 11.6 Å². The summed E-state index contributed by atoms with van der Waals surface area (Å²) in [5.41, 5.74) is 5.78. The lowest BCUT2D eigenvalue weighted by Gasteiger charge is -2.06. The van der Waals surface area contributed by atoms with Gasteiger partial charge >= 0.3 is 5.97 Å². The second-order valence-corrected chi connectivity index (χ2v) is 3.52.